The summed E-state index contributed by atoms with van der Waals surface area (Å²) in [6, 6.07) is 66.9. The van der Waals surface area contributed by atoms with Gasteiger partial charge in [-0.2, -0.15) is 0 Å². The lowest BCUT2D eigenvalue weighted by atomic mass is 9.90. The zero-order chi connectivity index (χ0) is 37.0. The monoisotopic (exact) mass is 749 g/mol. The minimum atomic E-state index is 0.635. The SMILES string of the molecule is c1ccc(-c2ccc(-c3nc(-c4ccccc4)nc(-c4ccc(-c5ccc6sc7ccccc7c6c5)c(-c5cccc6sc7ccccc7c56)c4)n3)cc2)cc1. The van der Waals surface area contributed by atoms with Crippen molar-refractivity contribution in [3.8, 4) is 67.5 Å². The summed E-state index contributed by atoms with van der Waals surface area (Å²) in [4.78, 5) is 15.4. The van der Waals surface area contributed by atoms with Crippen molar-refractivity contribution < 1.29 is 0 Å². The Bertz CT molecular complexity index is 3240. The van der Waals surface area contributed by atoms with Gasteiger partial charge < -0.3 is 0 Å². The highest BCUT2D eigenvalue weighted by atomic mass is 32.1. The van der Waals surface area contributed by atoms with E-state index in [1.165, 1.54) is 62.6 Å². The van der Waals surface area contributed by atoms with Crippen LogP contribution < -0.4 is 0 Å². The number of benzene rings is 8. The van der Waals surface area contributed by atoms with Crippen molar-refractivity contribution in [2.24, 2.45) is 0 Å². The van der Waals surface area contributed by atoms with Crippen molar-refractivity contribution in [1.82, 2.24) is 15.0 Å². The highest BCUT2D eigenvalue weighted by molar-refractivity contribution is 7.26. The first kappa shape index (κ1) is 32.6. The van der Waals surface area contributed by atoms with Crippen LogP contribution >= 0.6 is 22.7 Å². The predicted molar refractivity (Wildman–Crippen MR) is 238 cm³/mol. The maximum atomic E-state index is 5.19. The lowest BCUT2D eigenvalue weighted by Gasteiger charge is -2.15. The van der Waals surface area contributed by atoms with Gasteiger partial charge in [0.15, 0.2) is 17.5 Å². The molecule has 3 aromatic heterocycles. The molecule has 0 unspecified atom stereocenters. The van der Waals surface area contributed by atoms with Crippen LogP contribution in [0.25, 0.3) is 108 Å². The van der Waals surface area contributed by atoms with Crippen molar-refractivity contribution in [1.29, 1.82) is 0 Å². The van der Waals surface area contributed by atoms with E-state index in [9.17, 15) is 0 Å². The molecule has 0 aliphatic rings. The second kappa shape index (κ2) is 13.5. The quantitative estimate of drug-likeness (QED) is 0.170. The van der Waals surface area contributed by atoms with E-state index in [1.54, 1.807) is 0 Å². The number of nitrogens with zero attached hydrogens (tertiary/aromatic N) is 3. The van der Waals surface area contributed by atoms with Crippen molar-refractivity contribution >= 4 is 63.0 Å². The van der Waals surface area contributed by atoms with Gasteiger partial charge in [0.25, 0.3) is 0 Å². The van der Waals surface area contributed by atoms with Gasteiger partial charge in [-0.15, -0.1) is 22.7 Å². The number of rotatable bonds is 6. The zero-order valence-corrected chi connectivity index (χ0v) is 31.7. The molecule has 3 nitrogen and oxygen atoms in total. The minimum Gasteiger partial charge on any atom is -0.208 e. The third-order valence-electron chi connectivity index (χ3n) is 10.6. The second-order valence-electron chi connectivity index (χ2n) is 14.0. The van der Waals surface area contributed by atoms with Crippen LogP contribution in [0.4, 0.5) is 0 Å². The fraction of sp³-hybridized carbons (Fsp3) is 0. The first-order valence-corrected chi connectivity index (χ1v) is 20.3. The smallest absolute Gasteiger partial charge is 0.164 e. The molecule has 0 saturated carbocycles. The summed E-state index contributed by atoms with van der Waals surface area (Å²) in [5, 5.41) is 5.12. The number of aromatic nitrogens is 3. The Morgan fingerprint density at radius 3 is 1.52 bits per heavy atom. The van der Waals surface area contributed by atoms with Crippen LogP contribution in [0.2, 0.25) is 0 Å². The van der Waals surface area contributed by atoms with Crippen LogP contribution in [0, 0.1) is 0 Å². The third-order valence-corrected chi connectivity index (χ3v) is 12.9. The maximum absolute atomic E-state index is 5.19. The van der Waals surface area contributed by atoms with Gasteiger partial charge in [-0.25, -0.2) is 15.0 Å². The van der Waals surface area contributed by atoms with Crippen molar-refractivity contribution in [2.75, 3.05) is 0 Å². The molecule has 0 saturated heterocycles. The van der Waals surface area contributed by atoms with Gasteiger partial charge in [-0.05, 0) is 69.8 Å². The molecular formula is C51H31N3S2. The third kappa shape index (κ3) is 5.68. The molecule has 0 amide bonds. The van der Waals surface area contributed by atoms with E-state index >= 15 is 0 Å². The molecule has 0 N–H and O–H groups in total. The molecule has 0 radical (unpaired) electrons. The molecule has 262 valence electrons. The van der Waals surface area contributed by atoms with E-state index in [2.05, 4.69) is 164 Å². The highest BCUT2D eigenvalue weighted by Crippen LogP contribution is 2.45. The van der Waals surface area contributed by atoms with Crippen LogP contribution in [0.15, 0.2) is 188 Å². The number of hydrogen-bond donors (Lipinski definition) is 0. The maximum Gasteiger partial charge on any atom is 0.164 e. The van der Waals surface area contributed by atoms with Crippen molar-refractivity contribution in [2.45, 2.75) is 0 Å². The Kier molecular flexibility index (Phi) is 7.87. The largest absolute Gasteiger partial charge is 0.208 e. The van der Waals surface area contributed by atoms with Gasteiger partial charge in [0.2, 0.25) is 0 Å². The van der Waals surface area contributed by atoms with Crippen molar-refractivity contribution in [3.63, 3.8) is 0 Å². The van der Waals surface area contributed by atoms with E-state index in [0.717, 1.165) is 27.8 Å². The summed E-state index contributed by atoms with van der Waals surface area (Å²) in [5.41, 5.74) is 9.83. The van der Waals surface area contributed by atoms with E-state index in [4.69, 9.17) is 15.0 Å². The van der Waals surface area contributed by atoms with Crippen molar-refractivity contribution in [3.05, 3.63) is 188 Å². The van der Waals surface area contributed by atoms with E-state index in [-0.39, 0.29) is 0 Å². The highest BCUT2D eigenvalue weighted by Gasteiger charge is 2.19. The fourth-order valence-corrected chi connectivity index (χ4v) is 10.1. The second-order valence-corrected chi connectivity index (χ2v) is 16.1. The van der Waals surface area contributed by atoms with Gasteiger partial charge in [0, 0.05) is 57.0 Å². The molecule has 5 heteroatoms. The summed E-state index contributed by atoms with van der Waals surface area (Å²) < 4.78 is 5.15. The van der Waals surface area contributed by atoms with Crippen LogP contribution in [0.3, 0.4) is 0 Å². The topological polar surface area (TPSA) is 38.7 Å². The summed E-state index contributed by atoms with van der Waals surface area (Å²) in [5.74, 6) is 1.92. The summed E-state index contributed by atoms with van der Waals surface area (Å²) in [6.45, 7) is 0. The summed E-state index contributed by atoms with van der Waals surface area (Å²) >= 11 is 3.69. The van der Waals surface area contributed by atoms with Crippen LogP contribution in [0.1, 0.15) is 0 Å². The number of thiophene rings is 2. The van der Waals surface area contributed by atoms with Gasteiger partial charge in [-0.1, -0.05) is 152 Å². The van der Waals surface area contributed by atoms with Crippen LogP contribution in [-0.2, 0) is 0 Å². The molecule has 0 bridgehead atoms. The van der Waals surface area contributed by atoms with Gasteiger partial charge in [0.05, 0.1) is 0 Å². The number of fused-ring (bicyclic) bond motifs is 6. The average molecular weight is 750 g/mol. The van der Waals surface area contributed by atoms with Crippen LogP contribution in [0.5, 0.6) is 0 Å². The summed E-state index contributed by atoms with van der Waals surface area (Å²) in [7, 11) is 0. The Hall–Kier alpha value is -6.79. The Morgan fingerprint density at radius 2 is 0.768 bits per heavy atom. The van der Waals surface area contributed by atoms with E-state index in [0.29, 0.717) is 17.5 Å². The molecule has 0 aliphatic carbocycles. The standard InChI is InChI=1S/C51H31N3S2/c1-3-12-32(13-4-1)33-22-24-35(25-23-33)50-52-49(34-14-5-2-6-15-34)53-51(54-50)37-26-28-38(36-27-29-46-43(30-36)39-16-7-9-19-44(39)55-46)42(31-37)40-18-11-21-47-48(40)41-17-8-10-20-45(41)56-47/h1-31H. The van der Waals surface area contributed by atoms with Gasteiger partial charge in [-0.3, -0.25) is 0 Å². The molecular weight excluding hydrogens is 719 g/mol. The molecule has 11 aromatic rings. The average Bonchev–Trinajstić information content (AvgIpc) is 3.85. The number of hydrogen-bond acceptors (Lipinski definition) is 5. The molecule has 0 atom stereocenters. The molecule has 0 aliphatic heterocycles. The first-order valence-electron chi connectivity index (χ1n) is 18.7. The molecule has 56 heavy (non-hydrogen) atoms. The molecule has 0 spiro atoms. The molecule has 3 heterocycles. The fourth-order valence-electron chi connectivity index (χ4n) is 7.84. The molecule has 11 rings (SSSR count). The Morgan fingerprint density at radius 1 is 0.268 bits per heavy atom. The molecule has 0 fully saturated rings. The predicted octanol–water partition coefficient (Wildman–Crippen LogP) is 14.6. The van der Waals surface area contributed by atoms with Gasteiger partial charge in [0.1, 0.15) is 0 Å². The Balaban J connectivity index is 1.13. The lowest BCUT2D eigenvalue weighted by molar-refractivity contribution is 1.07. The Labute approximate surface area is 331 Å². The van der Waals surface area contributed by atoms with Crippen LogP contribution in [-0.4, -0.2) is 15.0 Å². The van der Waals surface area contributed by atoms with E-state index < -0.39 is 0 Å². The first-order chi connectivity index (χ1) is 27.7. The zero-order valence-electron chi connectivity index (χ0n) is 30.1. The summed E-state index contributed by atoms with van der Waals surface area (Å²) in [6.07, 6.45) is 0. The minimum absolute atomic E-state index is 0.635. The van der Waals surface area contributed by atoms with Gasteiger partial charge >= 0.3 is 0 Å². The van der Waals surface area contributed by atoms with E-state index in [1.807, 2.05) is 46.9 Å². The molecule has 8 aromatic carbocycles. The normalized spacial score (nSPS) is 11.6. The lowest BCUT2D eigenvalue weighted by Crippen LogP contribution is -2.00.